The van der Waals surface area contributed by atoms with Gasteiger partial charge >= 0.3 is 0 Å². The quantitative estimate of drug-likeness (QED) is 0.855. The van der Waals surface area contributed by atoms with E-state index in [1.54, 1.807) is 0 Å². The molecule has 1 aromatic carbocycles. The molecule has 2 N–H and O–H groups in total. The second-order valence-electron chi connectivity index (χ2n) is 6.63. The van der Waals surface area contributed by atoms with Gasteiger partial charge in [-0.15, -0.1) is 0 Å². The van der Waals surface area contributed by atoms with E-state index in [4.69, 9.17) is 5.73 Å². The van der Waals surface area contributed by atoms with E-state index >= 15 is 0 Å². The minimum Gasteiger partial charge on any atom is -0.325 e. The summed E-state index contributed by atoms with van der Waals surface area (Å²) in [4.78, 5) is 0. The number of rotatable bonds is 3. The van der Waals surface area contributed by atoms with Crippen LogP contribution >= 0.6 is 0 Å². The highest BCUT2D eigenvalue weighted by Gasteiger charge is 2.35. The third-order valence-electron chi connectivity index (χ3n) is 4.96. The Morgan fingerprint density at radius 2 is 1.78 bits per heavy atom. The zero-order valence-corrected chi connectivity index (χ0v) is 12.0. The summed E-state index contributed by atoms with van der Waals surface area (Å²) in [6, 6.07) is 10.7. The molecule has 4 unspecified atom stereocenters. The molecule has 0 aromatic heterocycles. The van der Waals surface area contributed by atoms with Crippen molar-refractivity contribution in [3.05, 3.63) is 35.9 Å². The van der Waals surface area contributed by atoms with Crippen molar-refractivity contribution in [3.8, 4) is 0 Å². The lowest BCUT2D eigenvalue weighted by Crippen LogP contribution is -2.48. The SMILES string of the molecule is CC1CCC(C(C)(N)Cc2ccccc2)CC1C. The Bertz CT molecular complexity index is 368. The van der Waals surface area contributed by atoms with E-state index in [-0.39, 0.29) is 5.54 Å². The molecule has 1 aromatic rings. The monoisotopic (exact) mass is 245 g/mol. The molecule has 1 fully saturated rings. The molecule has 1 heteroatoms. The van der Waals surface area contributed by atoms with Crippen LogP contribution in [0.2, 0.25) is 0 Å². The fourth-order valence-corrected chi connectivity index (χ4v) is 3.33. The lowest BCUT2D eigenvalue weighted by molar-refractivity contribution is 0.142. The smallest absolute Gasteiger partial charge is 0.0195 e. The number of hydrogen-bond donors (Lipinski definition) is 1. The predicted octanol–water partition coefficient (Wildman–Crippen LogP) is 4.02. The van der Waals surface area contributed by atoms with E-state index in [2.05, 4.69) is 51.1 Å². The molecule has 0 amide bonds. The highest BCUT2D eigenvalue weighted by atomic mass is 14.7. The molecule has 1 aliphatic carbocycles. The maximum Gasteiger partial charge on any atom is 0.0195 e. The fraction of sp³-hybridized carbons (Fsp3) is 0.647. The van der Waals surface area contributed by atoms with Crippen molar-refractivity contribution in [2.75, 3.05) is 0 Å². The van der Waals surface area contributed by atoms with Crippen molar-refractivity contribution >= 4 is 0 Å². The van der Waals surface area contributed by atoms with E-state index in [0.717, 1.165) is 18.3 Å². The topological polar surface area (TPSA) is 26.0 Å². The highest BCUT2D eigenvalue weighted by molar-refractivity contribution is 5.18. The molecule has 0 heterocycles. The summed E-state index contributed by atoms with van der Waals surface area (Å²) in [7, 11) is 0. The van der Waals surface area contributed by atoms with E-state index in [9.17, 15) is 0 Å². The third-order valence-corrected chi connectivity index (χ3v) is 4.96. The summed E-state index contributed by atoms with van der Waals surface area (Å²) in [5, 5.41) is 0. The Balaban J connectivity index is 2.02. The molecular weight excluding hydrogens is 218 g/mol. The first-order valence-corrected chi connectivity index (χ1v) is 7.32. The number of nitrogens with two attached hydrogens (primary N) is 1. The molecule has 4 atom stereocenters. The third kappa shape index (κ3) is 3.14. The van der Waals surface area contributed by atoms with Gasteiger partial charge in [-0.3, -0.25) is 0 Å². The van der Waals surface area contributed by atoms with E-state index < -0.39 is 0 Å². The van der Waals surface area contributed by atoms with Crippen LogP contribution in [0.1, 0.15) is 45.6 Å². The van der Waals surface area contributed by atoms with Crippen molar-refractivity contribution in [1.29, 1.82) is 0 Å². The van der Waals surface area contributed by atoms with Crippen LogP contribution in [-0.2, 0) is 6.42 Å². The van der Waals surface area contributed by atoms with Crippen molar-refractivity contribution in [1.82, 2.24) is 0 Å². The summed E-state index contributed by atoms with van der Waals surface area (Å²) < 4.78 is 0. The Labute approximate surface area is 112 Å². The largest absolute Gasteiger partial charge is 0.325 e. The molecule has 100 valence electrons. The Kier molecular flexibility index (Phi) is 4.11. The van der Waals surface area contributed by atoms with Crippen LogP contribution in [0.15, 0.2) is 30.3 Å². The van der Waals surface area contributed by atoms with Gasteiger partial charge in [0.05, 0.1) is 0 Å². The minimum atomic E-state index is -0.0598. The molecule has 0 spiro atoms. The van der Waals surface area contributed by atoms with E-state index in [0.29, 0.717) is 5.92 Å². The van der Waals surface area contributed by atoms with Gasteiger partial charge in [0, 0.05) is 5.54 Å². The maximum atomic E-state index is 6.63. The van der Waals surface area contributed by atoms with Crippen LogP contribution < -0.4 is 5.73 Å². The second-order valence-corrected chi connectivity index (χ2v) is 6.63. The zero-order valence-electron chi connectivity index (χ0n) is 12.0. The lowest BCUT2D eigenvalue weighted by Gasteiger charge is -2.41. The molecule has 0 saturated heterocycles. The van der Waals surface area contributed by atoms with Gasteiger partial charge in [0.15, 0.2) is 0 Å². The standard InChI is InChI=1S/C17H27N/c1-13-9-10-16(11-14(13)2)17(3,18)12-15-7-5-4-6-8-15/h4-8,13-14,16H,9-12,18H2,1-3H3. The summed E-state index contributed by atoms with van der Waals surface area (Å²) >= 11 is 0. The second kappa shape index (κ2) is 5.44. The molecule has 1 nitrogen and oxygen atoms in total. The van der Waals surface area contributed by atoms with Crippen molar-refractivity contribution in [3.63, 3.8) is 0 Å². The van der Waals surface area contributed by atoms with Gasteiger partial charge in [-0.2, -0.15) is 0 Å². The molecule has 1 saturated carbocycles. The summed E-state index contributed by atoms with van der Waals surface area (Å²) in [5.41, 5.74) is 7.94. The van der Waals surface area contributed by atoms with Crippen molar-refractivity contribution < 1.29 is 0 Å². The number of benzene rings is 1. The average Bonchev–Trinajstić information content (AvgIpc) is 2.33. The normalized spacial score (nSPS) is 31.9. The van der Waals surface area contributed by atoms with Gasteiger partial charge < -0.3 is 5.73 Å². The van der Waals surface area contributed by atoms with Crippen LogP contribution in [0.4, 0.5) is 0 Å². The van der Waals surface area contributed by atoms with Crippen LogP contribution in [0.25, 0.3) is 0 Å². The lowest BCUT2D eigenvalue weighted by atomic mass is 9.67. The first-order chi connectivity index (χ1) is 8.49. The molecule has 0 radical (unpaired) electrons. The Morgan fingerprint density at radius 1 is 1.11 bits per heavy atom. The van der Waals surface area contributed by atoms with Gasteiger partial charge in [-0.05, 0) is 49.5 Å². The Morgan fingerprint density at radius 3 is 2.39 bits per heavy atom. The van der Waals surface area contributed by atoms with Crippen molar-refractivity contribution in [2.24, 2.45) is 23.5 Å². The summed E-state index contributed by atoms with van der Waals surface area (Å²) in [5.74, 6) is 2.36. The van der Waals surface area contributed by atoms with E-state index in [1.165, 1.54) is 24.8 Å². The summed E-state index contributed by atoms with van der Waals surface area (Å²) in [6.07, 6.45) is 4.93. The average molecular weight is 245 g/mol. The first kappa shape index (κ1) is 13.6. The minimum absolute atomic E-state index is 0.0598. The molecular formula is C17H27N. The van der Waals surface area contributed by atoms with Crippen LogP contribution in [0.3, 0.4) is 0 Å². The van der Waals surface area contributed by atoms with Crippen LogP contribution in [0.5, 0.6) is 0 Å². The number of hydrogen-bond acceptors (Lipinski definition) is 1. The van der Waals surface area contributed by atoms with E-state index in [1.807, 2.05) is 0 Å². The van der Waals surface area contributed by atoms with Gasteiger partial charge in [-0.1, -0.05) is 50.6 Å². The van der Waals surface area contributed by atoms with Gasteiger partial charge in [0.25, 0.3) is 0 Å². The predicted molar refractivity (Wildman–Crippen MR) is 78.4 cm³/mol. The first-order valence-electron chi connectivity index (χ1n) is 7.32. The van der Waals surface area contributed by atoms with Gasteiger partial charge in [0.2, 0.25) is 0 Å². The van der Waals surface area contributed by atoms with Crippen molar-refractivity contribution in [2.45, 2.75) is 52.0 Å². The maximum absolute atomic E-state index is 6.63. The Hall–Kier alpha value is -0.820. The van der Waals surface area contributed by atoms with Gasteiger partial charge in [0.1, 0.15) is 0 Å². The summed E-state index contributed by atoms with van der Waals surface area (Å²) in [6.45, 7) is 7.01. The van der Waals surface area contributed by atoms with Crippen LogP contribution in [0, 0.1) is 17.8 Å². The molecule has 2 rings (SSSR count). The molecule has 1 aliphatic rings. The zero-order chi connectivity index (χ0) is 13.2. The van der Waals surface area contributed by atoms with Gasteiger partial charge in [-0.25, -0.2) is 0 Å². The highest BCUT2D eigenvalue weighted by Crippen LogP contribution is 2.38. The fourth-order valence-electron chi connectivity index (χ4n) is 3.33. The molecule has 18 heavy (non-hydrogen) atoms. The molecule has 0 bridgehead atoms. The molecule has 0 aliphatic heterocycles. The van der Waals surface area contributed by atoms with Crippen LogP contribution in [-0.4, -0.2) is 5.54 Å².